The fourth-order valence-electron chi connectivity index (χ4n) is 0.932. The molecule has 0 aliphatic carbocycles. The first-order chi connectivity index (χ1) is 5.29. The number of aryl methyl sites for hydroxylation is 1. The van der Waals surface area contributed by atoms with Crippen molar-refractivity contribution >= 4 is 5.69 Å². The van der Waals surface area contributed by atoms with E-state index in [1.807, 2.05) is 6.92 Å². The first-order valence-corrected chi connectivity index (χ1v) is 3.31. The number of aromatic nitrogens is 1. The molecule has 0 bridgehead atoms. The Morgan fingerprint density at radius 3 is 2.91 bits per heavy atom. The van der Waals surface area contributed by atoms with Crippen molar-refractivity contribution in [2.75, 3.05) is 5.43 Å². The lowest BCUT2D eigenvalue weighted by atomic mass is 10.2. The van der Waals surface area contributed by atoms with E-state index in [0.717, 1.165) is 16.9 Å². The van der Waals surface area contributed by atoms with Crippen LogP contribution in [0.1, 0.15) is 11.3 Å². The van der Waals surface area contributed by atoms with Crippen LogP contribution in [-0.4, -0.2) is 10.1 Å². The molecule has 0 fully saturated rings. The number of hydrazine groups is 1. The van der Waals surface area contributed by atoms with Crippen LogP contribution in [0.5, 0.6) is 0 Å². The Labute approximate surface area is 65.0 Å². The third-order valence-electron chi connectivity index (χ3n) is 1.58. The van der Waals surface area contributed by atoms with Gasteiger partial charge in [-0.3, -0.25) is 10.8 Å². The maximum Gasteiger partial charge on any atom is 0.0720 e. The topological polar surface area (TPSA) is 71.2 Å². The number of pyridine rings is 1. The van der Waals surface area contributed by atoms with E-state index in [9.17, 15) is 0 Å². The number of hydrogen-bond donors (Lipinski definition) is 3. The van der Waals surface area contributed by atoms with Gasteiger partial charge in [0.2, 0.25) is 0 Å². The predicted molar refractivity (Wildman–Crippen MR) is 42.7 cm³/mol. The molecule has 1 rings (SSSR count). The van der Waals surface area contributed by atoms with Gasteiger partial charge in [-0.05, 0) is 13.0 Å². The normalized spacial score (nSPS) is 9.73. The van der Waals surface area contributed by atoms with Gasteiger partial charge in [0.1, 0.15) is 0 Å². The molecule has 0 spiro atoms. The molecule has 0 amide bonds. The molecule has 4 heteroatoms. The van der Waals surface area contributed by atoms with Gasteiger partial charge in [-0.2, -0.15) is 0 Å². The Morgan fingerprint density at radius 1 is 1.73 bits per heavy atom. The Morgan fingerprint density at radius 2 is 2.45 bits per heavy atom. The zero-order valence-electron chi connectivity index (χ0n) is 6.33. The second-order valence-electron chi connectivity index (χ2n) is 2.22. The van der Waals surface area contributed by atoms with Crippen LogP contribution < -0.4 is 11.3 Å². The highest BCUT2D eigenvalue weighted by atomic mass is 16.3. The molecule has 11 heavy (non-hydrogen) atoms. The van der Waals surface area contributed by atoms with Crippen LogP contribution in [-0.2, 0) is 6.61 Å². The summed E-state index contributed by atoms with van der Waals surface area (Å²) in [4.78, 5) is 4.00. The van der Waals surface area contributed by atoms with Crippen molar-refractivity contribution in [3.05, 3.63) is 23.5 Å². The minimum absolute atomic E-state index is 0.0425. The number of aliphatic hydroxyl groups is 1. The quantitative estimate of drug-likeness (QED) is 0.418. The van der Waals surface area contributed by atoms with Gasteiger partial charge in [0.05, 0.1) is 12.3 Å². The summed E-state index contributed by atoms with van der Waals surface area (Å²) in [5.41, 5.74) is 4.75. The summed E-state index contributed by atoms with van der Waals surface area (Å²) in [5, 5.41) is 8.89. The van der Waals surface area contributed by atoms with E-state index >= 15 is 0 Å². The average molecular weight is 153 g/mol. The molecule has 0 saturated heterocycles. The Bertz CT molecular complexity index is 249. The summed E-state index contributed by atoms with van der Waals surface area (Å²) in [6.07, 6.45) is 1.64. The van der Waals surface area contributed by atoms with Crippen LogP contribution in [0.25, 0.3) is 0 Å². The third kappa shape index (κ3) is 1.47. The van der Waals surface area contributed by atoms with Gasteiger partial charge in [0.25, 0.3) is 0 Å². The van der Waals surface area contributed by atoms with E-state index in [4.69, 9.17) is 10.9 Å². The van der Waals surface area contributed by atoms with Gasteiger partial charge in [-0.25, -0.2) is 0 Å². The Balaban J connectivity index is 3.13. The number of nitrogens with one attached hydrogen (secondary N) is 1. The fraction of sp³-hybridized carbons (Fsp3) is 0.286. The van der Waals surface area contributed by atoms with Crippen LogP contribution in [0.15, 0.2) is 12.3 Å². The molecule has 0 aliphatic heterocycles. The highest BCUT2D eigenvalue weighted by Crippen LogP contribution is 2.15. The van der Waals surface area contributed by atoms with Crippen LogP contribution >= 0.6 is 0 Å². The number of nitrogens with two attached hydrogens (primary N) is 1. The van der Waals surface area contributed by atoms with Crippen molar-refractivity contribution in [2.45, 2.75) is 13.5 Å². The molecule has 4 nitrogen and oxygen atoms in total. The number of hydrogen-bond acceptors (Lipinski definition) is 4. The molecule has 0 atom stereocenters. The highest BCUT2D eigenvalue weighted by molar-refractivity contribution is 5.50. The maximum absolute atomic E-state index is 8.89. The molecular weight excluding hydrogens is 142 g/mol. The predicted octanol–water partition coefficient (Wildman–Crippen LogP) is 0.168. The van der Waals surface area contributed by atoms with E-state index in [1.54, 1.807) is 12.3 Å². The molecule has 1 heterocycles. The molecule has 0 unspecified atom stereocenters. The molecule has 0 aromatic carbocycles. The van der Waals surface area contributed by atoms with Gasteiger partial charge < -0.3 is 10.5 Å². The largest absolute Gasteiger partial charge is 0.392 e. The van der Waals surface area contributed by atoms with Gasteiger partial charge in [-0.15, -0.1) is 0 Å². The van der Waals surface area contributed by atoms with Crippen LogP contribution in [0.3, 0.4) is 0 Å². The summed E-state index contributed by atoms with van der Waals surface area (Å²) >= 11 is 0. The van der Waals surface area contributed by atoms with E-state index in [1.165, 1.54) is 0 Å². The van der Waals surface area contributed by atoms with E-state index in [0.29, 0.717) is 0 Å². The molecule has 4 N–H and O–H groups in total. The number of rotatable bonds is 2. The number of anilines is 1. The third-order valence-corrected chi connectivity index (χ3v) is 1.58. The van der Waals surface area contributed by atoms with Crippen LogP contribution in [0, 0.1) is 6.92 Å². The zero-order chi connectivity index (χ0) is 8.27. The maximum atomic E-state index is 8.89. The summed E-state index contributed by atoms with van der Waals surface area (Å²) in [6, 6.07) is 1.72. The minimum atomic E-state index is -0.0425. The lowest BCUT2D eigenvalue weighted by Crippen LogP contribution is -2.10. The summed E-state index contributed by atoms with van der Waals surface area (Å²) in [5.74, 6) is 5.21. The summed E-state index contributed by atoms with van der Waals surface area (Å²) in [6.45, 7) is 1.78. The zero-order valence-corrected chi connectivity index (χ0v) is 6.33. The fourth-order valence-corrected chi connectivity index (χ4v) is 0.932. The van der Waals surface area contributed by atoms with Crippen molar-refractivity contribution in [3.63, 3.8) is 0 Å². The molecule has 1 aromatic rings. The molecule has 0 radical (unpaired) electrons. The van der Waals surface area contributed by atoms with Crippen molar-refractivity contribution in [1.29, 1.82) is 0 Å². The minimum Gasteiger partial charge on any atom is -0.392 e. The van der Waals surface area contributed by atoms with Crippen molar-refractivity contribution in [3.8, 4) is 0 Å². The van der Waals surface area contributed by atoms with E-state index in [-0.39, 0.29) is 6.61 Å². The molecule has 0 saturated carbocycles. The Kier molecular flexibility index (Phi) is 2.40. The first-order valence-electron chi connectivity index (χ1n) is 3.31. The smallest absolute Gasteiger partial charge is 0.0720 e. The Hall–Kier alpha value is -1.13. The van der Waals surface area contributed by atoms with Crippen molar-refractivity contribution in [2.24, 2.45) is 5.84 Å². The van der Waals surface area contributed by atoms with Gasteiger partial charge in [-0.1, -0.05) is 0 Å². The number of aliphatic hydroxyl groups excluding tert-OH is 1. The standard InChI is InChI=1S/C7H11N3O/c1-5-6(4-11)7(10-8)2-3-9-5/h2-3,11H,4,8H2,1H3,(H,9,10). The highest BCUT2D eigenvalue weighted by Gasteiger charge is 2.02. The van der Waals surface area contributed by atoms with Crippen molar-refractivity contribution < 1.29 is 5.11 Å². The second kappa shape index (κ2) is 3.32. The van der Waals surface area contributed by atoms with Crippen molar-refractivity contribution in [1.82, 2.24) is 4.98 Å². The molecule has 0 aliphatic rings. The van der Waals surface area contributed by atoms with Crippen LogP contribution in [0.4, 0.5) is 5.69 Å². The summed E-state index contributed by atoms with van der Waals surface area (Å²) in [7, 11) is 0. The molecule has 1 aromatic heterocycles. The van der Waals surface area contributed by atoms with Gasteiger partial charge >= 0.3 is 0 Å². The lowest BCUT2D eigenvalue weighted by molar-refractivity contribution is 0.281. The number of nitrogen functional groups attached to an aromatic ring is 1. The summed E-state index contributed by atoms with van der Waals surface area (Å²) < 4.78 is 0. The SMILES string of the molecule is Cc1nccc(NN)c1CO. The monoisotopic (exact) mass is 153 g/mol. The molecule has 60 valence electrons. The van der Waals surface area contributed by atoms with Gasteiger partial charge in [0.15, 0.2) is 0 Å². The molecular formula is C7H11N3O. The number of nitrogens with zero attached hydrogens (tertiary/aromatic N) is 1. The first kappa shape index (κ1) is 7.97. The van der Waals surface area contributed by atoms with E-state index < -0.39 is 0 Å². The van der Waals surface area contributed by atoms with E-state index in [2.05, 4.69) is 10.4 Å². The second-order valence-corrected chi connectivity index (χ2v) is 2.22. The average Bonchev–Trinajstić information content (AvgIpc) is 2.04. The van der Waals surface area contributed by atoms with Gasteiger partial charge in [0, 0.05) is 17.5 Å². The lowest BCUT2D eigenvalue weighted by Gasteiger charge is -2.07. The van der Waals surface area contributed by atoms with Crippen LogP contribution in [0.2, 0.25) is 0 Å².